The van der Waals surface area contributed by atoms with Crippen molar-refractivity contribution in [2.24, 2.45) is 17.8 Å². The van der Waals surface area contributed by atoms with E-state index >= 15 is 0 Å². The van der Waals surface area contributed by atoms with Gasteiger partial charge in [-0.05, 0) is 68.2 Å². The monoisotopic (exact) mass is 652 g/mol. The minimum Gasteiger partial charge on any atom is -0.478 e. The second kappa shape index (κ2) is 14.3. The van der Waals surface area contributed by atoms with Crippen LogP contribution < -0.4 is 15.0 Å². The van der Waals surface area contributed by atoms with Crippen LogP contribution in [0.15, 0.2) is 60.9 Å². The summed E-state index contributed by atoms with van der Waals surface area (Å²) in [7, 11) is 0. The third-order valence-electron chi connectivity index (χ3n) is 11.0. The molecule has 2 atom stereocenters. The molecule has 7 rings (SSSR count). The molecule has 2 amide bonds. The SMILES string of the molecule is CC(C)(Oc1cccc(N2CC(C(=O)N(Cc3ccc(-c4cn[nH]c4)cc3)C3CC3)CC(C3CCCCC3)C2)c1)C(=O)N1CCNCC1. The number of anilines is 1. The van der Waals surface area contributed by atoms with Gasteiger partial charge in [0.25, 0.3) is 5.91 Å². The largest absolute Gasteiger partial charge is 0.478 e. The van der Waals surface area contributed by atoms with Crippen LogP contribution in [0.25, 0.3) is 11.1 Å². The van der Waals surface area contributed by atoms with Gasteiger partial charge in [-0.25, -0.2) is 0 Å². The van der Waals surface area contributed by atoms with Crippen molar-refractivity contribution in [1.29, 1.82) is 0 Å². The number of benzene rings is 2. The Morgan fingerprint density at radius 1 is 0.938 bits per heavy atom. The Labute approximate surface area is 285 Å². The van der Waals surface area contributed by atoms with Crippen molar-refractivity contribution in [2.75, 3.05) is 44.2 Å². The van der Waals surface area contributed by atoms with Gasteiger partial charge in [0.1, 0.15) is 5.75 Å². The predicted octanol–water partition coefficient (Wildman–Crippen LogP) is 5.88. The summed E-state index contributed by atoms with van der Waals surface area (Å²) in [5, 5.41) is 10.3. The van der Waals surface area contributed by atoms with Gasteiger partial charge >= 0.3 is 0 Å². The number of amides is 2. The molecule has 0 radical (unpaired) electrons. The van der Waals surface area contributed by atoms with Gasteiger partial charge in [0.05, 0.1) is 12.1 Å². The number of hydrogen-bond acceptors (Lipinski definition) is 6. The van der Waals surface area contributed by atoms with Crippen LogP contribution >= 0.6 is 0 Å². The molecule has 4 fully saturated rings. The number of piperidine rings is 1. The maximum absolute atomic E-state index is 14.5. The maximum Gasteiger partial charge on any atom is 0.266 e. The van der Waals surface area contributed by atoms with Crippen molar-refractivity contribution < 1.29 is 14.3 Å². The van der Waals surface area contributed by atoms with Gasteiger partial charge in [-0.2, -0.15) is 5.10 Å². The Morgan fingerprint density at radius 3 is 2.42 bits per heavy atom. The first-order valence-corrected chi connectivity index (χ1v) is 18.3. The fraction of sp³-hybridized carbons (Fsp3) is 0.564. The zero-order chi connectivity index (χ0) is 33.1. The summed E-state index contributed by atoms with van der Waals surface area (Å²) in [5.41, 5.74) is 3.46. The summed E-state index contributed by atoms with van der Waals surface area (Å²) in [6, 6.07) is 17.1. The summed E-state index contributed by atoms with van der Waals surface area (Å²) in [6.45, 7) is 9.08. The highest BCUT2D eigenvalue weighted by molar-refractivity contribution is 5.85. The van der Waals surface area contributed by atoms with Crippen LogP contribution in [-0.4, -0.2) is 82.7 Å². The van der Waals surface area contributed by atoms with E-state index in [1.807, 2.05) is 43.3 Å². The summed E-state index contributed by atoms with van der Waals surface area (Å²) >= 11 is 0. The van der Waals surface area contributed by atoms with Crippen LogP contribution in [0.3, 0.4) is 0 Å². The number of carbonyl (C=O) groups is 2. The molecule has 9 heteroatoms. The zero-order valence-corrected chi connectivity index (χ0v) is 28.7. The summed E-state index contributed by atoms with van der Waals surface area (Å²) in [5.74, 6) is 2.12. The van der Waals surface area contributed by atoms with Gasteiger partial charge in [0.15, 0.2) is 5.60 Å². The fourth-order valence-electron chi connectivity index (χ4n) is 8.22. The first kappa shape index (κ1) is 32.7. The minimum atomic E-state index is -0.970. The summed E-state index contributed by atoms with van der Waals surface area (Å²) in [6.07, 6.45) is 13.3. The number of hydrogen-bond donors (Lipinski definition) is 2. The molecule has 2 aliphatic heterocycles. The van der Waals surface area contributed by atoms with E-state index in [2.05, 4.69) is 61.7 Å². The highest BCUT2D eigenvalue weighted by atomic mass is 16.5. The Balaban J connectivity index is 1.09. The lowest BCUT2D eigenvalue weighted by Gasteiger charge is -2.44. The van der Waals surface area contributed by atoms with Crippen molar-refractivity contribution in [3.8, 4) is 16.9 Å². The van der Waals surface area contributed by atoms with Crippen LogP contribution in [0.2, 0.25) is 0 Å². The average molecular weight is 653 g/mol. The second-order valence-corrected chi connectivity index (χ2v) is 15.0. The van der Waals surface area contributed by atoms with Crippen LogP contribution in [0.1, 0.15) is 70.8 Å². The number of aromatic amines is 1. The topological polar surface area (TPSA) is 93.8 Å². The van der Waals surface area contributed by atoms with Crippen molar-refractivity contribution in [3.63, 3.8) is 0 Å². The number of ether oxygens (including phenoxy) is 1. The molecule has 2 saturated carbocycles. The molecule has 48 heavy (non-hydrogen) atoms. The zero-order valence-electron chi connectivity index (χ0n) is 28.7. The van der Waals surface area contributed by atoms with Gasteiger partial charge in [-0.3, -0.25) is 14.7 Å². The number of aromatic nitrogens is 2. The normalized spacial score (nSPS) is 22.4. The van der Waals surface area contributed by atoms with E-state index in [9.17, 15) is 9.59 Å². The summed E-state index contributed by atoms with van der Waals surface area (Å²) in [4.78, 5) is 34.4. The van der Waals surface area contributed by atoms with Crippen molar-refractivity contribution in [3.05, 3.63) is 66.5 Å². The molecule has 256 valence electrons. The highest BCUT2D eigenvalue weighted by Gasteiger charge is 2.41. The van der Waals surface area contributed by atoms with Crippen LogP contribution in [-0.2, 0) is 16.1 Å². The molecule has 3 heterocycles. The smallest absolute Gasteiger partial charge is 0.266 e. The Kier molecular flexibility index (Phi) is 9.76. The number of nitrogens with zero attached hydrogens (tertiary/aromatic N) is 4. The average Bonchev–Trinajstić information content (AvgIpc) is 3.82. The predicted molar refractivity (Wildman–Crippen MR) is 189 cm³/mol. The Morgan fingerprint density at radius 2 is 1.71 bits per heavy atom. The van der Waals surface area contributed by atoms with Crippen molar-refractivity contribution >= 4 is 17.5 Å². The van der Waals surface area contributed by atoms with E-state index in [-0.39, 0.29) is 11.8 Å². The van der Waals surface area contributed by atoms with Crippen molar-refractivity contribution in [2.45, 2.75) is 83.4 Å². The second-order valence-electron chi connectivity index (χ2n) is 15.0. The van der Waals surface area contributed by atoms with E-state index in [1.54, 1.807) is 0 Å². The third-order valence-corrected chi connectivity index (χ3v) is 11.0. The van der Waals surface area contributed by atoms with E-state index in [1.165, 1.54) is 37.7 Å². The number of carbonyl (C=O) groups excluding carboxylic acids is 2. The molecule has 9 nitrogen and oxygen atoms in total. The molecular weight excluding hydrogens is 600 g/mol. The van der Waals surface area contributed by atoms with Gasteiger partial charge < -0.3 is 24.8 Å². The van der Waals surface area contributed by atoms with Gasteiger partial charge in [0.2, 0.25) is 5.91 Å². The molecule has 0 bridgehead atoms. The highest BCUT2D eigenvalue weighted by Crippen LogP contribution is 2.40. The molecule has 4 aliphatic rings. The van der Waals surface area contributed by atoms with Gasteiger partial charge in [0, 0.05) is 75.4 Å². The first-order chi connectivity index (χ1) is 23.3. The first-order valence-electron chi connectivity index (χ1n) is 18.3. The lowest BCUT2D eigenvalue weighted by molar-refractivity contribution is -0.146. The number of rotatable bonds is 10. The lowest BCUT2D eigenvalue weighted by atomic mass is 9.74. The lowest BCUT2D eigenvalue weighted by Crippen LogP contribution is -2.54. The molecule has 1 aromatic heterocycles. The number of nitrogens with one attached hydrogen (secondary N) is 2. The van der Waals surface area contributed by atoms with E-state index in [0.29, 0.717) is 55.7 Å². The van der Waals surface area contributed by atoms with Crippen LogP contribution in [0.5, 0.6) is 5.75 Å². The van der Waals surface area contributed by atoms with Gasteiger partial charge in [-0.1, -0.05) is 62.4 Å². The maximum atomic E-state index is 14.5. The quantitative estimate of drug-likeness (QED) is 0.284. The number of piperazine rings is 1. The Hall–Kier alpha value is -3.85. The van der Waals surface area contributed by atoms with Crippen molar-refractivity contribution in [1.82, 2.24) is 25.3 Å². The third kappa shape index (κ3) is 7.56. The van der Waals surface area contributed by atoms with Crippen LogP contribution in [0.4, 0.5) is 5.69 Å². The molecule has 0 spiro atoms. The molecule has 2 aliphatic carbocycles. The minimum absolute atomic E-state index is 0.0201. The molecule has 2 N–H and O–H groups in total. The fourth-order valence-corrected chi connectivity index (χ4v) is 8.22. The molecule has 2 aromatic carbocycles. The number of H-pyrrole nitrogens is 1. The molecule has 3 aromatic rings. The van der Waals surface area contributed by atoms with E-state index < -0.39 is 5.60 Å². The molecule has 2 saturated heterocycles. The standard InChI is InChI=1S/C39H52N6O3/c1-39(2,38(47)43-19-17-40-18-20-43)48-36-10-6-9-35(22-36)44-26-31(29-7-4-3-5-8-29)21-32(27-44)37(46)45(34-15-16-34)25-28-11-13-30(14-12-28)33-23-41-42-24-33/h6,9-14,22-24,29,31-32,34,40H,3-5,7-8,15-21,25-27H2,1-2H3,(H,41,42). The molecular formula is C39H52N6O3. The van der Waals surface area contributed by atoms with E-state index in [4.69, 9.17) is 4.74 Å². The Bertz CT molecular complexity index is 1520. The molecule has 2 unspecified atom stereocenters. The van der Waals surface area contributed by atoms with Crippen LogP contribution in [0, 0.1) is 17.8 Å². The van der Waals surface area contributed by atoms with Gasteiger partial charge in [-0.15, -0.1) is 0 Å². The summed E-state index contributed by atoms with van der Waals surface area (Å²) < 4.78 is 6.42. The van der Waals surface area contributed by atoms with E-state index in [0.717, 1.165) is 55.7 Å².